The molecule has 1 N–H and O–H groups in total. The van der Waals surface area contributed by atoms with Crippen molar-refractivity contribution < 1.29 is 37.8 Å². The molecule has 2 aliphatic rings. The van der Waals surface area contributed by atoms with Crippen LogP contribution >= 0.6 is 23.1 Å². The first-order chi connectivity index (χ1) is 22.6. The van der Waals surface area contributed by atoms with E-state index in [1.165, 1.54) is 67.3 Å². The Morgan fingerprint density at radius 2 is 1.62 bits per heavy atom. The molecule has 47 heavy (non-hydrogen) atoms. The van der Waals surface area contributed by atoms with Crippen molar-refractivity contribution in [2.24, 2.45) is 5.92 Å². The van der Waals surface area contributed by atoms with Gasteiger partial charge in [0.25, 0.3) is 0 Å². The molecular formula is C33H28FN3O8S2. The van der Waals surface area contributed by atoms with Crippen molar-refractivity contribution in [1.82, 2.24) is 4.57 Å². The number of thiazole rings is 1. The molecule has 1 saturated heterocycles. The van der Waals surface area contributed by atoms with Crippen molar-refractivity contribution in [2.75, 3.05) is 31.0 Å². The predicted molar refractivity (Wildman–Crippen MR) is 173 cm³/mol. The second-order valence-corrected chi connectivity index (χ2v) is 12.7. The number of hydrogen-bond donors (Lipinski definition) is 1. The molecular weight excluding hydrogens is 650 g/mol. The summed E-state index contributed by atoms with van der Waals surface area (Å²) in [6, 6.07) is 16.4. The molecule has 3 atom stereocenters. The van der Waals surface area contributed by atoms with Crippen molar-refractivity contribution in [2.45, 2.75) is 29.7 Å². The summed E-state index contributed by atoms with van der Waals surface area (Å²) in [5.74, 6) is -3.26. The Morgan fingerprint density at radius 3 is 2.28 bits per heavy atom. The molecule has 2 aliphatic heterocycles. The number of esters is 1. The standard InChI is InChI=1S/C33H28FN3O8S2/c1-4-45-32(41)17-5-12-21(13-6-17)37-29(39)26-25(18-7-14-22(43-2)23(15-18)44-3)28-31(46-27(26)30(37)40)36(33(42)47-28)16-24(38)35-20-10-8-19(34)9-11-20/h5-15,25-27H,4,16H2,1-3H3,(H,35,38)/t25-,26+,27-/m0/s1. The van der Waals surface area contributed by atoms with Gasteiger partial charge in [-0.15, -0.1) is 0 Å². The summed E-state index contributed by atoms with van der Waals surface area (Å²) in [5.41, 5.74) is 1.53. The lowest BCUT2D eigenvalue weighted by Gasteiger charge is -2.31. The molecule has 3 heterocycles. The van der Waals surface area contributed by atoms with Gasteiger partial charge in [0.15, 0.2) is 11.5 Å². The van der Waals surface area contributed by atoms with Crippen LogP contribution in [0.5, 0.6) is 11.5 Å². The molecule has 0 radical (unpaired) electrons. The Labute approximate surface area is 276 Å². The third kappa shape index (κ3) is 5.89. The summed E-state index contributed by atoms with van der Waals surface area (Å²) >= 11 is 1.97. The summed E-state index contributed by atoms with van der Waals surface area (Å²) in [7, 11) is 2.98. The van der Waals surface area contributed by atoms with Gasteiger partial charge in [0.2, 0.25) is 17.7 Å². The highest BCUT2D eigenvalue weighted by atomic mass is 32.2. The molecule has 4 aromatic rings. The summed E-state index contributed by atoms with van der Waals surface area (Å²) in [4.78, 5) is 68.1. The number of aromatic nitrogens is 1. The molecule has 0 spiro atoms. The van der Waals surface area contributed by atoms with Gasteiger partial charge in [-0.2, -0.15) is 0 Å². The number of methoxy groups -OCH3 is 2. The Morgan fingerprint density at radius 1 is 0.915 bits per heavy atom. The molecule has 242 valence electrons. The molecule has 1 aromatic heterocycles. The number of thioether (sulfide) groups is 1. The second kappa shape index (κ2) is 13.0. The third-order valence-electron chi connectivity index (χ3n) is 7.88. The van der Waals surface area contributed by atoms with Crippen LogP contribution < -0.4 is 24.6 Å². The van der Waals surface area contributed by atoms with Crippen LogP contribution in [-0.4, -0.2) is 54.3 Å². The number of ether oxygens (including phenoxy) is 3. The lowest BCUT2D eigenvalue weighted by molar-refractivity contribution is -0.122. The van der Waals surface area contributed by atoms with Gasteiger partial charge in [0.1, 0.15) is 17.6 Å². The summed E-state index contributed by atoms with van der Waals surface area (Å²) in [5, 5.41) is 2.13. The number of hydrogen-bond acceptors (Lipinski definition) is 10. The number of benzene rings is 3. The maximum Gasteiger partial charge on any atom is 0.338 e. The van der Waals surface area contributed by atoms with Crippen molar-refractivity contribution in [1.29, 1.82) is 0 Å². The molecule has 3 aromatic carbocycles. The van der Waals surface area contributed by atoms with Crippen molar-refractivity contribution in [3.8, 4) is 11.5 Å². The van der Waals surface area contributed by atoms with Crippen LogP contribution in [0.3, 0.4) is 0 Å². The summed E-state index contributed by atoms with van der Waals surface area (Å²) in [6.07, 6.45) is 0. The van der Waals surface area contributed by atoms with E-state index in [-0.39, 0.29) is 24.4 Å². The minimum absolute atomic E-state index is 0.199. The average Bonchev–Trinajstić information content (AvgIpc) is 3.51. The first-order valence-electron chi connectivity index (χ1n) is 14.5. The minimum atomic E-state index is -0.932. The molecule has 0 aliphatic carbocycles. The van der Waals surface area contributed by atoms with Gasteiger partial charge in [-0.3, -0.25) is 23.7 Å². The monoisotopic (exact) mass is 677 g/mol. The Hall–Kier alpha value is -4.95. The maximum atomic E-state index is 14.2. The smallest absolute Gasteiger partial charge is 0.338 e. The quantitative estimate of drug-likeness (QED) is 0.198. The van der Waals surface area contributed by atoms with Crippen molar-refractivity contribution in [3.63, 3.8) is 0 Å². The number of nitrogens with zero attached hydrogens (tertiary/aromatic N) is 2. The zero-order valence-electron chi connectivity index (χ0n) is 25.4. The van der Waals surface area contributed by atoms with Crippen molar-refractivity contribution in [3.05, 3.63) is 98.2 Å². The van der Waals surface area contributed by atoms with E-state index in [2.05, 4.69) is 5.32 Å². The molecule has 3 amide bonds. The maximum absolute atomic E-state index is 14.2. The van der Waals surface area contributed by atoms with Crippen LogP contribution in [0.25, 0.3) is 0 Å². The largest absolute Gasteiger partial charge is 0.493 e. The number of halogens is 1. The van der Waals surface area contributed by atoms with Crippen molar-refractivity contribution >= 4 is 58.2 Å². The SMILES string of the molecule is CCOC(=O)c1ccc(N2C(=O)[C@@H]3[C@H](c4ccc(OC)c(OC)c4)c4sc(=O)n(CC(=O)Nc5ccc(F)cc5)c4S[C@@H]3C2=O)cc1. The Balaban J connectivity index is 1.40. The lowest BCUT2D eigenvalue weighted by atomic mass is 9.83. The zero-order valence-corrected chi connectivity index (χ0v) is 27.0. The van der Waals surface area contributed by atoms with Gasteiger partial charge in [0.05, 0.1) is 43.0 Å². The topological polar surface area (TPSA) is 133 Å². The molecule has 14 heteroatoms. The normalized spacial score (nSPS) is 18.4. The van der Waals surface area contributed by atoms with E-state index in [1.807, 2.05) is 0 Å². The number of rotatable bonds is 9. The Bertz CT molecular complexity index is 1940. The number of carbonyl (C=O) groups is 4. The molecule has 6 rings (SSSR count). The number of fused-ring (bicyclic) bond motifs is 2. The number of anilines is 2. The number of imide groups is 1. The molecule has 0 bridgehead atoms. The fourth-order valence-electron chi connectivity index (χ4n) is 5.75. The van der Waals surface area contributed by atoms with E-state index in [0.29, 0.717) is 32.7 Å². The van der Waals surface area contributed by atoms with Gasteiger partial charge in [-0.1, -0.05) is 29.2 Å². The van der Waals surface area contributed by atoms with Gasteiger partial charge in [0, 0.05) is 16.5 Å². The second-order valence-electron chi connectivity index (χ2n) is 10.6. The predicted octanol–water partition coefficient (Wildman–Crippen LogP) is 4.68. The van der Waals surface area contributed by atoms with E-state index in [1.54, 1.807) is 25.1 Å². The van der Waals surface area contributed by atoms with Gasteiger partial charge < -0.3 is 19.5 Å². The highest BCUT2D eigenvalue weighted by Gasteiger charge is 2.57. The van der Waals surface area contributed by atoms with Crippen LogP contribution in [0.2, 0.25) is 0 Å². The lowest BCUT2D eigenvalue weighted by Crippen LogP contribution is -2.33. The van der Waals surface area contributed by atoms with Gasteiger partial charge in [-0.05, 0) is 73.2 Å². The molecule has 0 unspecified atom stereocenters. The van der Waals surface area contributed by atoms with Crippen LogP contribution in [0, 0.1) is 11.7 Å². The van der Waals surface area contributed by atoms with Crippen LogP contribution in [0.15, 0.2) is 76.6 Å². The minimum Gasteiger partial charge on any atom is -0.493 e. The fraction of sp³-hybridized carbons (Fsp3) is 0.242. The highest BCUT2D eigenvalue weighted by molar-refractivity contribution is 8.00. The van der Waals surface area contributed by atoms with E-state index >= 15 is 0 Å². The first kappa shape index (κ1) is 32.0. The molecule has 11 nitrogen and oxygen atoms in total. The van der Waals surface area contributed by atoms with Crippen LogP contribution in [0.1, 0.15) is 33.6 Å². The van der Waals surface area contributed by atoms with E-state index in [9.17, 15) is 28.4 Å². The molecule has 1 fully saturated rings. The average molecular weight is 678 g/mol. The van der Waals surface area contributed by atoms with E-state index in [0.717, 1.165) is 28.0 Å². The zero-order chi connectivity index (χ0) is 33.4. The highest BCUT2D eigenvalue weighted by Crippen LogP contribution is 2.54. The number of amides is 3. The van der Waals surface area contributed by atoms with Gasteiger partial charge >= 0.3 is 10.8 Å². The Kier molecular flexibility index (Phi) is 8.88. The summed E-state index contributed by atoms with van der Waals surface area (Å²) < 4.78 is 30.6. The first-order valence-corrected chi connectivity index (χ1v) is 16.2. The molecule has 0 saturated carbocycles. The fourth-order valence-corrected chi connectivity index (χ4v) is 8.53. The summed E-state index contributed by atoms with van der Waals surface area (Å²) in [6.45, 7) is 1.52. The van der Waals surface area contributed by atoms with Crippen LogP contribution in [0.4, 0.5) is 15.8 Å². The van der Waals surface area contributed by atoms with Crippen LogP contribution in [-0.2, 0) is 25.7 Å². The van der Waals surface area contributed by atoms with E-state index < -0.39 is 51.5 Å². The third-order valence-corrected chi connectivity index (χ3v) is 10.5. The number of nitrogens with one attached hydrogen (secondary N) is 1. The number of carbonyl (C=O) groups excluding carboxylic acids is 4. The van der Waals surface area contributed by atoms with Gasteiger partial charge in [-0.25, -0.2) is 14.1 Å². The van der Waals surface area contributed by atoms with E-state index in [4.69, 9.17) is 14.2 Å².